The quantitative estimate of drug-likeness (QED) is 0.929. The number of aliphatic hydroxyl groups excluding tert-OH is 1. The number of aromatic nitrogens is 2. The van der Waals surface area contributed by atoms with Gasteiger partial charge in [-0.15, -0.1) is 0 Å². The van der Waals surface area contributed by atoms with E-state index < -0.39 is 6.10 Å². The second-order valence-electron chi connectivity index (χ2n) is 6.02. The minimum absolute atomic E-state index is 0.252. The number of rotatable bonds is 4. The molecule has 2 atom stereocenters. The van der Waals surface area contributed by atoms with Gasteiger partial charge in [-0.1, -0.05) is 13.0 Å². The van der Waals surface area contributed by atoms with E-state index in [0.29, 0.717) is 0 Å². The summed E-state index contributed by atoms with van der Waals surface area (Å²) in [4.78, 5) is 2.45. The molecule has 108 valence electrons. The van der Waals surface area contributed by atoms with E-state index in [1.54, 1.807) is 0 Å². The summed E-state index contributed by atoms with van der Waals surface area (Å²) in [5.41, 5.74) is 2.10. The third-order valence-electron chi connectivity index (χ3n) is 4.40. The topological polar surface area (TPSA) is 41.3 Å². The molecule has 20 heavy (non-hydrogen) atoms. The van der Waals surface area contributed by atoms with Crippen LogP contribution in [0.5, 0.6) is 0 Å². The molecule has 2 aromatic rings. The third-order valence-corrected chi connectivity index (χ3v) is 4.40. The molecule has 1 unspecified atom stereocenters. The highest BCUT2D eigenvalue weighted by Gasteiger charge is 2.21. The molecule has 3 rings (SSSR count). The number of aryl methyl sites for hydroxylation is 1. The van der Waals surface area contributed by atoms with E-state index in [-0.39, 0.29) is 5.92 Å². The van der Waals surface area contributed by atoms with E-state index in [4.69, 9.17) is 0 Å². The molecule has 1 aromatic carbocycles. The van der Waals surface area contributed by atoms with Crippen molar-refractivity contribution in [3.05, 3.63) is 30.0 Å². The maximum Gasteiger partial charge on any atom is 0.0828 e. The molecule has 1 aromatic heterocycles. The molecule has 1 N–H and O–H groups in total. The number of aliphatic hydroxyl groups is 1. The van der Waals surface area contributed by atoms with E-state index in [9.17, 15) is 5.11 Å². The van der Waals surface area contributed by atoms with Crippen LogP contribution in [0, 0.1) is 5.92 Å². The predicted molar refractivity (Wildman–Crippen MR) is 80.5 cm³/mol. The first-order chi connectivity index (χ1) is 9.65. The van der Waals surface area contributed by atoms with Gasteiger partial charge >= 0.3 is 0 Å². The Kier molecular flexibility index (Phi) is 3.76. The lowest BCUT2D eigenvalue weighted by molar-refractivity contribution is 0.0947. The van der Waals surface area contributed by atoms with Crippen LogP contribution in [-0.4, -0.2) is 39.4 Å². The third kappa shape index (κ3) is 2.58. The second-order valence-corrected chi connectivity index (χ2v) is 6.02. The largest absolute Gasteiger partial charge is 0.388 e. The van der Waals surface area contributed by atoms with Crippen molar-refractivity contribution in [3.8, 4) is 0 Å². The summed E-state index contributed by atoms with van der Waals surface area (Å²) in [7, 11) is 1.94. The molecule has 1 saturated heterocycles. The smallest absolute Gasteiger partial charge is 0.0828 e. The molecule has 1 fully saturated rings. The van der Waals surface area contributed by atoms with E-state index in [1.165, 1.54) is 25.9 Å². The normalized spacial score (nSPS) is 19.6. The average Bonchev–Trinajstić information content (AvgIpc) is 3.08. The fourth-order valence-electron chi connectivity index (χ4n) is 3.17. The van der Waals surface area contributed by atoms with Crippen LogP contribution in [0.2, 0.25) is 0 Å². The van der Waals surface area contributed by atoms with Crippen LogP contribution in [0.1, 0.15) is 31.4 Å². The first-order valence-corrected chi connectivity index (χ1v) is 7.47. The Morgan fingerprint density at radius 1 is 1.30 bits per heavy atom. The minimum atomic E-state index is -0.403. The standard InChI is InChI=1S/C16H23N3O/c1-12(11-19-7-3-4-8-19)16(20)13-5-6-15-14(9-13)10-17-18(15)2/h5-6,9-10,12,16,20H,3-4,7-8,11H2,1-2H3/t12-,16?/m1/s1. The Morgan fingerprint density at radius 2 is 2.05 bits per heavy atom. The van der Waals surface area contributed by atoms with Crippen molar-refractivity contribution in [2.24, 2.45) is 13.0 Å². The Morgan fingerprint density at radius 3 is 2.80 bits per heavy atom. The molecule has 4 nitrogen and oxygen atoms in total. The summed E-state index contributed by atoms with van der Waals surface area (Å²) in [5, 5.41) is 15.9. The van der Waals surface area contributed by atoms with Crippen molar-refractivity contribution < 1.29 is 5.11 Å². The van der Waals surface area contributed by atoms with Crippen molar-refractivity contribution in [2.45, 2.75) is 25.9 Å². The molecule has 0 bridgehead atoms. The SMILES string of the molecule is C[C@H](CN1CCCC1)C(O)c1ccc2c(cnn2C)c1. The first kappa shape index (κ1) is 13.6. The summed E-state index contributed by atoms with van der Waals surface area (Å²) in [6.45, 7) is 5.47. The number of likely N-dealkylation sites (tertiary alicyclic amines) is 1. The highest BCUT2D eigenvalue weighted by molar-refractivity contribution is 5.79. The van der Waals surface area contributed by atoms with Crippen LogP contribution in [0.25, 0.3) is 10.9 Å². The fourth-order valence-corrected chi connectivity index (χ4v) is 3.17. The second kappa shape index (κ2) is 5.54. The molecular formula is C16H23N3O. The van der Waals surface area contributed by atoms with Crippen LogP contribution < -0.4 is 0 Å². The molecule has 0 radical (unpaired) electrons. The van der Waals surface area contributed by atoms with Gasteiger partial charge in [-0.3, -0.25) is 4.68 Å². The van der Waals surface area contributed by atoms with Gasteiger partial charge in [0.2, 0.25) is 0 Å². The Balaban J connectivity index is 1.75. The zero-order valence-corrected chi connectivity index (χ0v) is 12.3. The molecule has 1 aliphatic heterocycles. The van der Waals surface area contributed by atoms with E-state index >= 15 is 0 Å². The molecular weight excluding hydrogens is 250 g/mol. The van der Waals surface area contributed by atoms with Gasteiger partial charge in [0, 0.05) is 19.0 Å². The highest BCUT2D eigenvalue weighted by Crippen LogP contribution is 2.26. The molecule has 0 amide bonds. The monoisotopic (exact) mass is 273 g/mol. The highest BCUT2D eigenvalue weighted by atomic mass is 16.3. The van der Waals surface area contributed by atoms with Crippen molar-refractivity contribution in [3.63, 3.8) is 0 Å². The van der Waals surface area contributed by atoms with E-state index in [0.717, 1.165) is 23.0 Å². The summed E-state index contributed by atoms with van der Waals surface area (Å²) >= 11 is 0. The zero-order chi connectivity index (χ0) is 14.1. The summed E-state index contributed by atoms with van der Waals surface area (Å²) in [5.74, 6) is 0.252. The van der Waals surface area contributed by atoms with Crippen molar-refractivity contribution in [1.82, 2.24) is 14.7 Å². The number of hydrogen-bond donors (Lipinski definition) is 1. The summed E-state index contributed by atoms with van der Waals surface area (Å²) in [6, 6.07) is 6.13. The molecule has 0 spiro atoms. The van der Waals surface area contributed by atoms with Gasteiger partial charge in [-0.05, 0) is 49.5 Å². The van der Waals surface area contributed by atoms with Crippen molar-refractivity contribution in [2.75, 3.05) is 19.6 Å². The predicted octanol–water partition coefficient (Wildman–Crippen LogP) is 2.34. The maximum absolute atomic E-state index is 10.6. The lowest BCUT2D eigenvalue weighted by Gasteiger charge is -2.24. The lowest BCUT2D eigenvalue weighted by atomic mass is 9.96. The Labute approximate surface area is 120 Å². The maximum atomic E-state index is 10.6. The van der Waals surface area contributed by atoms with Gasteiger partial charge in [0.25, 0.3) is 0 Å². The molecule has 0 saturated carbocycles. The number of hydrogen-bond acceptors (Lipinski definition) is 3. The summed E-state index contributed by atoms with van der Waals surface area (Å²) < 4.78 is 1.86. The van der Waals surface area contributed by atoms with Gasteiger partial charge in [0.1, 0.15) is 0 Å². The van der Waals surface area contributed by atoms with Crippen LogP contribution >= 0.6 is 0 Å². The lowest BCUT2D eigenvalue weighted by Crippen LogP contribution is -2.28. The molecule has 4 heteroatoms. The number of nitrogens with zero attached hydrogens (tertiary/aromatic N) is 3. The zero-order valence-electron chi connectivity index (χ0n) is 12.3. The van der Waals surface area contributed by atoms with Crippen LogP contribution in [0.3, 0.4) is 0 Å². The van der Waals surface area contributed by atoms with Gasteiger partial charge in [0.15, 0.2) is 0 Å². The van der Waals surface area contributed by atoms with Crippen LogP contribution in [0.15, 0.2) is 24.4 Å². The fraction of sp³-hybridized carbons (Fsp3) is 0.562. The van der Waals surface area contributed by atoms with Gasteiger partial charge in [0.05, 0.1) is 17.8 Å². The molecule has 0 aliphatic carbocycles. The van der Waals surface area contributed by atoms with Gasteiger partial charge < -0.3 is 10.0 Å². The number of benzene rings is 1. The first-order valence-electron chi connectivity index (χ1n) is 7.47. The number of fused-ring (bicyclic) bond motifs is 1. The van der Waals surface area contributed by atoms with Crippen LogP contribution in [-0.2, 0) is 7.05 Å². The van der Waals surface area contributed by atoms with E-state index in [1.807, 2.05) is 30.1 Å². The average molecular weight is 273 g/mol. The van der Waals surface area contributed by atoms with E-state index in [2.05, 4.69) is 23.0 Å². The summed E-state index contributed by atoms with van der Waals surface area (Å²) in [6.07, 6.45) is 4.05. The van der Waals surface area contributed by atoms with Crippen molar-refractivity contribution >= 4 is 10.9 Å². The Hall–Kier alpha value is -1.39. The molecule has 1 aliphatic rings. The van der Waals surface area contributed by atoms with Crippen molar-refractivity contribution in [1.29, 1.82) is 0 Å². The van der Waals surface area contributed by atoms with Gasteiger partial charge in [-0.25, -0.2) is 0 Å². The molecule has 2 heterocycles. The van der Waals surface area contributed by atoms with Crippen LogP contribution in [0.4, 0.5) is 0 Å². The minimum Gasteiger partial charge on any atom is -0.388 e. The Bertz CT molecular complexity index is 586. The van der Waals surface area contributed by atoms with Gasteiger partial charge in [-0.2, -0.15) is 5.10 Å².